The summed E-state index contributed by atoms with van der Waals surface area (Å²) in [5, 5.41) is 2.43. The molecule has 0 saturated carbocycles. The van der Waals surface area contributed by atoms with Crippen LogP contribution < -0.4 is 0 Å². The highest BCUT2D eigenvalue weighted by molar-refractivity contribution is 7.80. The van der Waals surface area contributed by atoms with E-state index in [9.17, 15) is 0 Å². The lowest BCUT2D eigenvalue weighted by atomic mass is 10.0. The van der Waals surface area contributed by atoms with Gasteiger partial charge in [0.1, 0.15) is 4.99 Å². The van der Waals surface area contributed by atoms with Crippen molar-refractivity contribution in [2.75, 3.05) is 13.6 Å². The maximum Gasteiger partial charge on any atom is 0.109 e. The molecule has 1 nitrogen and oxygen atoms in total. The van der Waals surface area contributed by atoms with E-state index in [1.54, 1.807) is 0 Å². The fourth-order valence-electron chi connectivity index (χ4n) is 2.61. The van der Waals surface area contributed by atoms with Gasteiger partial charge in [0.25, 0.3) is 0 Å². The fourth-order valence-corrected chi connectivity index (χ4v) is 2.86. The van der Waals surface area contributed by atoms with E-state index < -0.39 is 0 Å². The molecule has 0 bridgehead atoms. The molecular formula is C21H19NS. The first-order valence-corrected chi connectivity index (χ1v) is 8.11. The molecule has 0 heterocycles. The Morgan fingerprint density at radius 1 is 0.913 bits per heavy atom. The van der Waals surface area contributed by atoms with Crippen LogP contribution in [0.5, 0.6) is 0 Å². The molecule has 3 rings (SSSR count). The number of hydrogen-bond donors (Lipinski definition) is 0. The highest BCUT2D eigenvalue weighted by Gasteiger charge is 2.09. The molecule has 23 heavy (non-hydrogen) atoms. The maximum atomic E-state index is 5.69. The second kappa shape index (κ2) is 7.21. The van der Waals surface area contributed by atoms with Gasteiger partial charge in [-0.3, -0.25) is 0 Å². The fraction of sp³-hybridized carbons (Fsp3) is 0.0952. The Kier molecular flexibility index (Phi) is 4.84. The summed E-state index contributed by atoms with van der Waals surface area (Å²) >= 11 is 5.69. The van der Waals surface area contributed by atoms with Gasteiger partial charge in [-0.05, 0) is 16.3 Å². The van der Waals surface area contributed by atoms with Crippen molar-refractivity contribution < 1.29 is 0 Å². The number of benzene rings is 3. The number of hydrogen-bond acceptors (Lipinski definition) is 1. The van der Waals surface area contributed by atoms with E-state index in [-0.39, 0.29) is 0 Å². The van der Waals surface area contributed by atoms with Crippen molar-refractivity contribution in [2.45, 2.75) is 0 Å². The molecule has 114 valence electrons. The van der Waals surface area contributed by atoms with Crippen LogP contribution in [-0.4, -0.2) is 23.5 Å². The first-order valence-electron chi connectivity index (χ1n) is 7.70. The predicted octanol–water partition coefficient (Wildman–Crippen LogP) is 5.16. The number of nitrogens with zero attached hydrogens (tertiary/aromatic N) is 1. The van der Waals surface area contributed by atoms with E-state index in [2.05, 4.69) is 71.6 Å². The Hall–Kier alpha value is -2.45. The van der Waals surface area contributed by atoms with Crippen LogP contribution in [0.1, 0.15) is 11.1 Å². The van der Waals surface area contributed by atoms with Gasteiger partial charge in [-0.2, -0.15) is 0 Å². The normalized spacial score (nSPS) is 11.0. The molecule has 0 atom stereocenters. The quantitative estimate of drug-likeness (QED) is 0.611. The molecule has 3 aromatic carbocycles. The zero-order valence-electron chi connectivity index (χ0n) is 13.1. The van der Waals surface area contributed by atoms with Crippen molar-refractivity contribution in [1.29, 1.82) is 0 Å². The molecule has 0 saturated heterocycles. The van der Waals surface area contributed by atoms with Gasteiger partial charge in [0.15, 0.2) is 0 Å². The topological polar surface area (TPSA) is 3.24 Å². The molecule has 2 heteroatoms. The molecule has 0 aliphatic rings. The van der Waals surface area contributed by atoms with E-state index >= 15 is 0 Å². The first kappa shape index (κ1) is 15.4. The Balaban J connectivity index is 1.75. The minimum absolute atomic E-state index is 0.789. The van der Waals surface area contributed by atoms with Gasteiger partial charge >= 0.3 is 0 Å². The van der Waals surface area contributed by atoms with E-state index in [1.165, 1.54) is 16.3 Å². The Bertz CT molecular complexity index is 831. The molecule has 0 fully saturated rings. The summed E-state index contributed by atoms with van der Waals surface area (Å²) in [6, 6.07) is 25.0. The van der Waals surface area contributed by atoms with Crippen LogP contribution in [0.15, 0.2) is 78.9 Å². The number of fused-ring (bicyclic) bond motifs is 1. The molecular weight excluding hydrogens is 298 g/mol. The SMILES string of the molecule is CN(C/C=C/c1ccccc1)C(=S)c1cccc2ccccc12. The summed E-state index contributed by atoms with van der Waals surface area (Å²) in [5.74, 6) is 0. The average molecular weight is 317 g/mol. The van der Waals surface area contributed by atoms with Crippen LogP contribution in [0.4, 0.5) is 0 Å². The summed E-state index contributed by atoms with van der Waals surface area (Å²) < 4.78 is 0. The van der Waals surface area contributed by atoms with E-state index in [0.29, 0.717) is 0 Å². The van der Waals surface area contributed by atoms with E-state index in [0.717, 1.165) is 17.1 Å². The van der Waals surface area contributed by atoms with Gasteiger partial charge in [0.2, 0.25) is 0 Å². The first-order chi connectivity index (χ1) is 11.3. The minimum atomic E-state index is 0.789. The third-order valence-corrected chi connectivity index (χ3v) is 4.39. The van der Waals surface area contributed by atoms with Gasteiger partial charge in [0, 0.05) is 19.2 Å². The number of rotatable bonds is 4. The van der Waals surface area contributed by atoms with Crippen molar-refractivity contribution >= 4 is 34.1 Å². The van der Waals surface area contributed by atoms with Gasteiger partial charge in [-0.25, -0.2) is 0 Å². The number of thiocarbonyl (C=S) groups is 1. The zero-order valence-corrected chi connectivity index (χ0v) is 14.0. The van der Waals surface area contributed by atoms with Crippen molar-refractivity contribution in [3.05, 3.63) is 90.0 Å². The standard InChI is InChI=1S/C21H19NS/c1-22(16-8-11-17-9-3-2-4-10-17)21(23)20-15-7-13-18-12-5-6-14-19(18)20/h2-15H,16H2,1H3/b11-8+. The monoisotopic (exact) mass is 317 g/mol. The summed E-state index contributed by atoms with van der Waals surface area (Å²) in [7, 11) is 2.04. The van der Waals surface area contributed by atoms with Crippen LogP contribution >= 0.6 is 12.2 Å². The van der Waals surface area contributed by atoms with Crippen molar-refractivity contribution in [3.8, 4) is 0 Å². The van der Waals surface area contributed by atoms with Crippen molar-refractivity contribution in [2.24, 2.45) is 0 Å². The van der Waals surface area contributed by atoms with E-state index in [1.807, 2.05) is 25.2 Å². The lowest BCUT2D eigenvalue weighted by Crippen LogP contribution is -2.26. The average Bonchev–Trinajstić information content (AvgIpc) is 2.61. The molecule has 0 aliphatic heterocycles. The summed E-state index contributed by atoms with van der Waals surface area (Å²) in [6.07, 6.45) is 4.27. The summed E-state index contributed by atoms with van der Waals surface area (Å²) in [6.45, 7) is 0.789. The van der Waals surface area contributed by atoms with Gasteiger partial charge in [0.05, 0.1) is 0 Å². The maximum absolute atomic E-state index is 5.69. The third kappa shape index (κ3) is 3.66. The molecule has 0 spiro atoms. The lowest BCUT2D eigenvalue weighted by Gasteiger charge is -2.19. The summed E-state index contributed by atoms with van der Waals surface area (Å²) in [4.78, 5) is 2.98. The molecule has 0 radical (unpaired) electrons. The van der Waals surface area contributed by atoms with E-state index in [4.69, 9.17) is 12.2 Å². The second-order valence-corrected chi connectivity index (χ2v) is 5.91. The molecule has 0 amide bonds. The third-order valence-electron chi connectivity index (χ3n) is 3.86. The van der Waals surface area contributed by atoms with Crippen LogP contribution in [0.25, 0.3) is 16.8 Å². The van der Waals surface area contributed by atoms with Crippen LogP contribution in [0.3, 0.4) is 0 Å². The lowest BCUT2D eigenvalue weighted by molar-refractivity contribution is 0.577. The van der Waals surface area contributed by atoms with Crippen LogP contribution in [-0.2, 0) is 0 Å². The highest BCUT2D eigenvalue weighted by atomic mass is 32.1. The van der Waals surface area contributed by atoms with Gasteiger partial charge in [-0.1, -0.05) is 97.2 Å². The molecule has 3 aromatic rings. The van der Waals surface area contributed by atoms with Gasteiger partial charge < -0.3 is 4.90 Å². The van der Waals surface area contributed by atoms with Crippen LogP contribution in [0, 0.1) is 0 Å². The van der Waals surface area contributed by atoms with Crippen molar-refractivity contribution in [3.63, 3.8) is 0 Å². The molecule has 0 unspecified atom stereocenters. The Labute approximate surface area is 142 Å². The predicted molar refractivity (Wildman–Crippen MR) is 104 cm³/mol. The Morgan fingerprint density at radius 3 is 2.43 bits per heavy atom. The smallest absolute Gasteiger partial charge is 0.109 e. The molecule has 0 aromatic heterocycles. The molecule has 0 aliphatic carbocycles. The minimum Gasteiger partial charge on any atom is -0.362 e. The van der Waals surface area contributed by atoms with Crippen molar-refractivity contribution in [1.82, 2.24) is 4.90 Å². The summed E-state index contributed by atoms with van der Waals surface area (Å²) in [5.41, 5.74) is 2.32. The Morgan fingerprint density at radius 2 is 1.61 bits per heavy atom. The highest BCUT2D eigenvalue weighted by Crippen LogP contribution is 2.20. The number of likely N-dealkylation sites (N-methyl/N-ethyl adjacent to an activating group) is 1. The van der Waals surface area contributed by atoms with Gasteiger partial charge in [-0.15, -0.1) is 0 Å². The van der Waals surface area contributed by atoms with Crippen LogP contribution in [0.2, 0.25) is 0 Å². The molecule has 0 N–H and O–H groups in total. The largest absolute Gasteiger partial charge is 0.362 e. The zero-order chi connectivity index (χ0) is 16.1. The second-order valence-electron chi connectivity index (χ2n) is 5.53.